The van der Waals surface area contributed by atoms with Crippen molar-refractivity contribution >= 4 is 11.9 Å². The first-order valence-electron chi connectivity index (χ1n) is 12.1. The Balaban J connectivity index is 1.83. The third-order valence-corrected chi connectivity index (χ3v) is 8.06. The van der Waals surface area contributed by atoms with Crippen molar-refractivity contribution in [2.75, 3.05) is 0 Å². The molecule has 182 valence electrons. The van der Waals surface area contributed by atoms with Crippen LogP contribution in [-0.4, -0.2) is 57.8 Å². The SMILES string of the molecule is CCC(C)(C)C(=O)OC1CC(C)C(O)C2=CC(O)C(C)C(CCC3CC(O)CC(=O)O3)C21. The molecule has 7 nitrogen and oxygen atoms in total. The topological polar surface area (TPSA) is 113 Å². The van der Waals surface area contributed by atoms with Crippen LogP contribution in [0, 0.1) is 29.1 Å². The highest BCUT2D eigenvalue weighted by Gasteiger charge is 2.49. The van der Waals surface area contributed by atoms with E-state index in [4.69, 9.17) is 9.47 Å². The van der Waals surface area contributed by atoms with Gasteiger partial charge in [-0.2, -0.15) is 0 Å². The number of esters is 2. The fourth-order valence-electron chi connectivity index (χ4n) is 5.47. The molecule has 1 aliphatic heterocycles. The van der Waals surface area contributed by atoms with Crippen LogP contribution in [-0.2, 0) is 19.1 Å². The average molecular weight is 453 g/mol. The largest absolute Gasteiger partial charge is 0.462 e. The summed E-state index contributed by atoms with van der Waals surface area (Å²) in [6, 6.07) is 0. The molecule has 1 heterocycles. The van der Waals surface area contributed by atoms with Gasteiger partial charge in [-0.05, 0) is 62.9 Å². The van der Waals surface area contributed by atoms with Gasteiger partial charge in [-0.25, -0.2) is 0 Å². The molecule has 2 fully saturated rings. The first kappa shape index (κ1) is 25.2. The lowest BCUT2D eigenvalue weighted by atomic mass is 9.61. The molecular weight excluding hydrogens is 412 g/mol. The molecule has 0 amide bonds. The van der Waals surface area contributed by atoms with Crippen LogP contribution in [0.3, 0.4) is 0 Å². The number of cyclic esters (lactones) is 1. The maximum atomic E-state index is 12.9. The number of aliphatic hydroxyl groups excluding tert-OH is 3. The minimum atomic E-state index is -0.700. The van der Waals surface area contributed by atoms with Crippen LogP contribution >= 0.6 is 0 Å². The molecule has 1 saturated heterocycles. The van der Waals surface area contributed by atoms with Crippen molar-refractivity contribution < 1.29 is 34.4 Å². The van der Waals surface area contributed by atoms with Gasteiger partial charge in [-0.15, -0.1) is 0 Å². The van der Waals surface area contributed by atoms with Gasteiger partial charge >= 0.3 is 11.9 Å². The molecule has 3 aliphatic rings. The molecule has 0 aromatic rings. The number of hydrogen-bond donors (Lipinski definition) is 3. The Bertz CT molecular complexity index is 730. The maximum absolute atomic E-state index is 12.9. The Morgan fingerprint density at radius 2 is 1.88 bits per heavy atom. The Morgan fingerprint density at radius 1 is 1.19 bits per heavy atom. The number of aliphatic hydroxyl groups is 3. The van der Waals surface area contributed by atoms with Crippen LogP contribution in [0.1, 0.15) is 73.1 Å². The van der Waals surface area contributed by atoms with Gasteiger partial charge in [0.15, 0.2) is 0 Å². The van der Waals surface area contributed by atoms with Crippen molar-refractivity contribution in [1.29, 1.82) is 0 Å². The zero-order valence-electron chi connectivity index (χ0n) is 20.0. The van der Waals surface area contributed by atoms with Gasteiger partial charge in [-0.3, -0.25) is 9.59 Å². The van der Waals surface area contributed by atoms with Crippen LogP contribution in [0.2, 0.25) is 0 Å². The Labute approximate surface area is 191 Å². The highest BCUT2D eigenvalue weighted by Crippen LogP contribution is 2.48. The summed E-state index contributed by atoms with van der Waals surface area (Å²) in [6.45, 7) is 9.63. The van der Waals surface area contributed by atoms with Crippen molar-refractivity contribution in [3.63, 3.8) is 0 Å². The monoisotopic (exact) mass is 452 g/mol. The van der Waals surface area contributed by atoms with Crippen molar-refractivity contribution in [2.45, 2.75) is 104 Å². The van der Waals surface area contributed by atoms with Gasteiger partial charge in [0.2, 0.25) is 0 Å². The van der Waals surface area contributed by atoms with Gasteiger partial charge < -0.3 is 24.8 Å². The first-order valence-corrected chi connectivity index (χ1v) is 12.1. The third kappa shape index (κ3) is 5.20. The number of rotatable bonds is 6. The molecule has 0 spiro atoms. The molecular formula is C25H40O7. The second-order valence-corrected chi connectivity index (χ2v) is 10.8. The highest BCUT2D eigenvalue weighted by molar-refractivity contribution is 5.76. The predicted molar refractivity (Wildman–Crippen MR) is 118 cm³/mol. The van der Waals surface area contributed by atoms with E-state index >= 15 is 0 Å². The molecule has 3 rings (SSSR count). The molecule has 0 bridgehead atoms. The molecule has 32 heavy (non-hydrogen) atoms. The number of carbonyl (C=O) groups excluding carboxylic acids is 2. The molecule has 9 unspecified atom stereocenters. The summed E-state index contributed by atoms with van der Waals surface area (Å²) < 4.78 is 11.5. The maximum Gasteiger partial charge on any atom is 0.311 e. The van der Waals surface area contributed by atoms with E-state index in [0.29, 0.717) is 32.1 Å². The number of carbonyl (C=O) groups is 2. The minimum Gasteiger partial charge on any atom is -0.462 e. The Morgan fingerprint density at radius 3 is 2.50 bits per heavy atom. The van der Waals surface area contributed by atoms with E-state index < -0.39 is 23.7 Å². The van der Waals surface area contributed by atoms with Crippen LogP contribution in [0.4, 0.5) is 0 Å². The lowest BCUT2D eigenvalue weighted by molar-refractivity contribution is -0.169. The summed E-state index contributed by atoms with van der Waals surface area (Å²) in [5, 5.41) is 31.6. The molecule has 3 N–H and O–H groups in total. The van der Waals surface area contributed by atoms with E-state index in [-0.39, 0.29) is 54.2 Å². The fraction of sp³-hybridized carbons (Fsp3) is 0.840. The number of fused-ring (bicyclic) bond motifs is 1. The van der Waals surface area contributed by atoms with Crippen LogP contribution < -0.4 is 0 Å². The van der Waals surface area contributed by atoms with Crippen molar-refractivity contribution in [3.8, 4) is 0 Å². The van der Waals surface area contributed by atoms with Gasteiger partial charge in [0.1, 0.15) is 12.2 Å². The predicted octanol–water partition coefficient (Wildman–Crippen LogP) is 2.75. The molecule has 0 aromatic carbocycles. The standard InChI is InChI=1S/C25H40O7/c1-6-25(4,5)24(30)32-20-9-13(2)23(29)18-12-19(27)14(3)17(22(18)20)8-7-16-10-15(26)11-21(28)31-16/h12-17,19-20,22-23,26-27,29H,6-11H2,1-5H3. The lowest BCUT2D eigenvalue weighted by Gasteiger charge is -2.49. The molecule has 9 atom stereocenters. The summed E-state index contributed by atoms with van der Waals surface area (Å²) in [7, 11) is 0. The number of ether oxygens (including phenoxy) is 2. The summed E-state index contributed by atoms with van der Waals surface area (Å²) >= 11 is 0. The second kappa shape index (κ2) is 9.82. The zero-order valence-corrected chi connectivity index (χ0v) is 20.0. The summed E-state index contributed by atoms with van der Waals surface area (Å²) in [5.74, 6) is -1.06. The minimum absolute atomic E-state index is 0.0277. The smallest absolute Gasteiger partial charge is 0.311 e. The molecule has 2 aliphatic carbocycles. The molecule has 7 heteroatoms. The van der Waals surface area contributed by atoms with Crippen LogP contribution in [0.5, 0.6) is 0 Å². The van der Waals surface area contributed by atoms with Crippen molar-refractivity contribution in [3.05, 3.63) is 11.6 Å². The third-order valence-electron chi connectivity index (χ3n) is 8.06. The van der Waals surface area contributed by atoms with E-state index in [0.717, 1.165) is 5.57 Å². The van der Waals surface area contributed by atoms with E-state index in [2.05, 4.69) is 0 Å². The highest BCUT2D eigenvalue weighted by atomic mass is 16.6. The average Bonchev–Trinajstić information content (AvgIpc) is 2.71. The first-order chi connectivity index (χ1) is 14.9. The quantitative estimate of drug-likeness (QED) is 0.419. The van der Waals surface area contributed by atoms with E-state index in [1.807, 2.05) is 34.6 Å². The Kier molecular flexibility index (Phi) is 7.73. The van der Waals surface area contributed by atoms with Gasteiger partial charge in [0.25, 0.3) is 0 Å². The molecule has 1 saturated carbocycles. The van der Waals surface area contributed by atoms with Crippen molar-refractivity contribution in [1.82, 2.24) is 0 Å². The van der Waals surface area contributed by atoms with Gasteiger partial charge in [0.05, 0.1) is 30.1 Å². The summed E-state index contributed by atoms with van der Waals surface area (Å²) in [4.78, 5) is 24.7. The van der Waals surface area contributed by atoms with Crippen molar-refractivity contribution in [2.24, 2.45) is 29.1 Å². The Hall–Kier alpha value is -1.44. The van der Waals surface area contributed by atoms with Crippen LogP contribution in [0.25, 0.3) is 0 Å². The molecule has 0 aromatic heterocycles. The fourth-order valence-corrected chi connectivity index (χ4v) is 5.47. The molecule has 0 radical (unpaired) electrons. The lowest BCUT2D eigenvalue weighted by Crippen LogP contribution is -2.51. The van der Waals surface area contributed by atoms with Gasteiger partial charge in [0, 0.05) is 12.3 Å². The van der Waals surface area contributed by atoms with E-state index in [9.17, 15) is 24.9 Å². The summed E-state index contributed by atoms with van der Waals surface area (Å²) in [6.07, 6.45) is 1.79. The second-order valence-electron chi connectivity index (χ2n) is 10.8. The van der Waals surface area contributed by atoms with Crippen LogP contribution in [0.15, 0.2) is 11.6 Å². The van der Waals surface area contributed by atoms with Gasteiger partial charge in [-0.1, -0.05) is 26.8 Å². The normalized spacial score (nSPS) is 40.2. The zero-order chi connectivity index (χ0) is 23.8. The van der Waals surface area contributed by atoms with E-state index in [1.54, 1.807) is 6.08 Å². The van der Waals surface area contributed by atoms with E-state index in [1.165, 1.54) is 0 Å². The summed E-state index contributed by atoms with van der Waals surface area (Å²) in [5.41, 5.74) is 0.164. The number of hydrogen-bond acceptors (Lipinski definition) is 7.